The van der Waals surface area contributed by atoms with Crippen LogP contribution in [0.4, 0.5) is 8.78 Å². The van der Waals surface area contributed by atoms with E-state index in [1.807, 2.05) is 0 Å². The van der Waals surface area contributed by atoms with Crippen molar-refractivity contribution < 1.29 is 13.6 Å². The SMILES string of the molecule is N[C@@H]1CCCN(C(=O)Cc2ccc(F)cc2F)C1. The highest BCUT2D eigenvalue weighted by molar-refractivity contribution is 5.79. The van der Waals surface area contributed by atoms with Gasteiger partial charge in [-0.15, -0.1) is 0 Å². The smallest absolute Gasteiger partial charge is 0.227 e. The van der Waals surface area contributed by atoms with Crippen molar-refractivity contribution in [1.29, 1.82) is 0 Å². The third-order valence-electron chi connectivity index (χ3n) is 3.17. The molecule has 1 fully saturated rings. The average Bonchev–Trinajstić information content (AvgIpc) is 2.32. The van der Waals surface area contributed by atoms with E-state index in [4.69, 9.17) is 5.73 Å². The number of likely N-dealkylation sites (tertiary alicyclic amines) is 1. The van der Waals surface area contributed by atoms with Gasteiger partial charge in [0, 0.05) is 25.2 Å². The minimum Gasteiger partial charge on any atom is -0.341 e. The topological polar surface area (TPSA) is 46.3 Å². The summed E-state index contributed by atoms with van der Waals surface area (Å²) in [5.41, 5.74) is 6.01. The quantitative estimate of drug-likeness (QED) is 0.868. The Hall–Kier alpha value is -1.49. The monoisotopic (exact) mass is 254 g/mol. The van der Waals surface area contributed by atoms with Gasteiger partial charge in [-0.25, -0.2) is 8.78 Å². The van der Waals surface area contributed by atoms with Crippen molar-refractivity contribution in [2.24, 2.45) is 5.73 Å². The largest absolute Gasteiger partial charge is 0.341 e. The van der Waals surface area contributed by atoms with Crippen LogP contribution in [0.3, 0.4) is 0 Å². The normalized spacial score (nSPS) is 19.9. The number of carbonyl (C=O) groups excluding carboxylic acids is 1. The van der Waals surface area contributed by atoms with Gasteiger partial charge in [0.1, 0.15) is 11.6 Å². The van der Waals surface area contributed by atoms with E-state index in [0.717, 1.165) is 25.0 Å². The molecule has 1 aliphatic heterocycles. The zero-order valence-corrected chi connectivity index (χ0v) is 10.0. The molecule has 0 radical (unpaired) electrons. The van der Waals surface area contributed by atoms with Crippen LogP contribution in [0.5, 0.6) is 0 Å². The lowest BCUT2D eigenvalue weighted by atomic mass is 10.0. The average molecular weight is 254 g/mol. The Labute approximate surface area is 105 Å². The Bertz CT molecular complexity index is 451. The summed E-state index contributed by atoms with van der Waals surface area (Å²) >= 11 is 0. The number of hydrogen-bond donors (Lipinski definition) is 1. The summed E-state index contributed by atoms with van der Waals surface area (Å²) in [5.74, 6) is -1.47. The van der Waals surface area contributed by atoms with Crippen LogP contribution < -0.4 is 5.73 Å². The molecule has 1 atom stereocenters. The van der Waals surface area contributed by atoms with E-state index in [1.54, 1.807) is 4.90 Å². The Morgan fingerprint density at radius 2 is 2.22 bits per heavy atom. The van der Waals surface area contributed by atoms with Crippen molar-refractivity contribution in [3.05, 3.63) is 35.4 Å². The van der Waals surface area contributed by atoms with Gasteiger partial charge in [-0.2, -0.15) is 0 Å². The number of piperidine rings is 1. The van der Waals surface area contributed by atoms with Gasteiger partial charge in [0.15, 0.2) is 0 Å². The molecule has 0 bridgehead atoms. The van der Waals surface area contributed by atoms with Gasteiger partial charge in [0.2, 0.25) is 5.91 Å². The minimum absolute atomic E-state index is 0.000708. The molecule has 3 nitrogen and oxygen atoms in total. The molecule has 0 unspecified atom stereocenters. The van der Waals surface area contributed by atoms with Crippen LogP contribution in [0, 0.1) is 11.6 Å². The number of rotatable bonds is 2. The van der Waals surface area contributed by atoms with Crippen LogP contribution in [-0.4, -0.2) is 29.9 Å². The van der Waals surface area contributed by atoms with E-state index in [-0.39, 0.29) is 23.9 Å². The molecule has 18 heavy (non-hydrogen) atoms. The van der Waals surface area contributed by atoms with Crippen molar-refractivity contribution in [1.82, 2.24) is 4.90 Å². The number of halogens is 2. The number of carbonyl (C=O) groups is 1. The molecule has 98 valence electrons. The minimum atomic E-state index is -0.676. The molecule has 1 aromatic carbocycles. The first-order chi connectivity index (χ1) is 8.56. The lowest BCUT2D eigenvalue weighted by Gasteiger charge is -2.30. The maximum atomic E-state index is 13.4. The molecule has 0 aromatic heterocycles. The van der Waals surface area contributed by atoms with E-state index < -0.39 is 11.6 Å². The molecule has 5 heteroatoms. The predicted molar refractivity (Wildman–Crippen MR) is 63.9 cm³/mol. The Balaban J connectivity index is 2.02. The van der Waals surface area contributed by atoms with Crippen molar-refractivity contribution in [2.75, 3.05) is 13.1 Å². The highest BCUT2D eigenvalue weighted by atomic mass is 19.1. The van der Waals surface area contributed by atoms with Gasteiger partial charge < -0.3 is 10.6 Å². The molecule has 0 spiro atoms. The van der Waals surface area contributed by atoms with Crippen molar-refractivity contribution >= 4 is 5.91 Å². The Morgan fingerprint density at radius 3 is 2.89 bits per heavy atom. The summed E-state index contributed by atoms with van der Waals surface area (Å²) in [6.07, 6.45) is 1.74. The van der Waals surface area contributed by atoms with Crippen molar-refractivity contribution in [3.63, 3.8) is 0 Å². The second-order valence-electron chi connectivity index (χ2n) is 4.65. The highest BCUT2D eigenvalue weighted by Gasteiger charge is 2.22. The molecule has 1 saturated heterocycles. The number of nitrogens with two attached hydrogens (primary N) is 1. The van der Waals surface area contributed by atoms with E-state index in [2.05, 4.69) is 0 Å². The fraction of sp³-hybridized carbons (Fsp3) is 0.462. The lowest BCUT2D eigenvalue weighted by Crippen LogP contribution is -2.46. The van der Waals surface area contributed by atoms with Crippen LogP contribution in [0.15, 0.2) is 18.2 Å². The van der Waals surface area contributed by atoms with Gasteiger partial charge >= 0.3 is 0 Å². The van der Waals surface area contributed by atoms with Crippen LogP contribution >= 0.6 is 0 Å². The fourth-order valence-corrected chi connectivity index (χ4v) is 2.18. The summed E-state index contributed by atoms with van der Waals surface area (Å²) in [4.78, 5) is 13.6. The summed E-state index contributed by atoms with van der Waals surface area (Å²) in [7, 11) is 0. The first-order valence-electron chi connectivity index (χ1n) is 6.03. The zero-order valence-electron chi connectivity index (χ0n) is 10.0. The van der Waals surface area contributed by atoms with Gasteiger partial charge in [-0.1, -0.05) is 6.07 Å². The molecule has 2 N–H and O–H groups in total. The second kappa shape index (κ2) is 5.44. The van der Waals surface area contributed by atoms with Gasteiger partial charge in [0.25, 0.3) is 0 Å². The van der Waals surface area contributed by atoms with E-state index >= 15 is 0 Å². The molecule has 0 aliphatic carbocycles. The maximum absolute atomic E-state index is 13.4. The lowest BCUT2D eigenvalue weighted by molar-refractivity contribution is -0.131. The van der Waals surface area contributed by atoms with Gasteiger partial charge in [-0.3, -0.25) is 4.79 Å². The maximum Gasteiger partial charge on any atom is 0.227 e. The Kier molecular flexibility index (Phi) is 3.91. The van der Waals surface area contributed by atoms with Crippen LogP contribution in [-0.2, 0) is 11.2 Å². The van der Waals surface area contributed by atoms with E-state index in [0.29, 0.717) is 13.1 Å². The molecular weight excluding hydrogens is 238 g/mol. The van der Waals surface area contributed by atoms with E-state index in [1.165, 1.54) is 6.07 Å². The first kappa shape index (κ1) is 13.0. The van der Waals surface area contributed by atoms with Crippen LogP contribution in [0.25, 0.3) is 0 Å². The molecule has 1 aliphatic rings. The highest BCUT2D eigenvalue weighted by Crippen LogP contribution is 2.14. The van der Waals surface area contributed by atoms with Crippen LogP contribution in [0.2, 0.25) is 0 Å². The number of benzene rings is 1. The first-order valence-corrected chi connectivity index (χ1v) is 6.03. The van der Waals surface area contributed by atoms with Crippen molar-refractivity contribution in [3.8, 4) is 0 Å². The summed E-state index contributed by atoms with van der Waals surface area (Å²) < 4.78 is 26.2. The van der Waals surface area contributed by atoms with E-state index in [9.17, 15) is 13.6 Å². The molecule has 2 rings (SSSR count). The van der Waals surface area contributed by atoms with Crippen molar-refractivity contribution in [2.45, 2.75) is 25.3 Å². The molecule has 0 saturated carbocycles. The second-order valence-corrected chi connectivity index (χ2v) is 4.65. The van der Waals surface area contributed by atoms with Gasteiger partial charge in [-0.05, 0) is 24.5 Å². The molecule has 1 aromatic rings. The molecular formula is C13H16F2N2O. The summed E-state index contributed by atoms with van der Waals surface area (Å²) in [5, 5.41) is 0. The van der Waals surface area contributed by atoms with Crippen LogP contribution in [0.1, 0.15) is 18.4 Å². The fourth-order valence-electron chi connectivity index (χ4n) is 2.18. The number of nitrogens with zero attached hydrogens (tertiary/aromatic N) is 1. The Morgan fingerprint density at radius 1 is 1.44 bits per heavy atom. The molecule has 1 heterocycles. The zero-order chi connectivity index (χ0) is 13.1. The standard InChI is InChI=1S/C13H16F2N2O/c14-10-4-3-9(12(15)7-10)6-13(18)17-5-1-2-11(16)8-17/h3-4,7,11H,1-2,5-6,8,16H2/t11-/m1/s1. The number of hydrogen-bond acceptors (Lipinski definition) is 2. The summed E-state index contributed by atoms with van der Waals surface area (Å²) in [6.45, 7) is 1.18. The third kappa shape index (κ3) is 3.04. The molecule has 1 amide bonds. The van der Waals surface area contributed by atoms with Gasteiger partial charge in [0.05, 0.1) is 6.42 Å². The predicted octanol–water partition coefficient (Wildman–Crippen LogP) is 1.46. The number of amides is 1. The third-order valence-corrected chi connectivity index (χ3v) is 3.17. The summed E-state index contributed by atoms with van der Waals surface area (Å²) in [6, 6.07) is 3.27.